The summed E-state index contributed by atoms with van der Waals surface area (Å²) < 4.78 is 0. The average molecular weight is 227 g/mol. The fourth-order valence-electron chi connectivity index (χ4n) is 2.47. The molecule has 0 atom stereocenters. The standard InChI is InChI=1S/C14H17N3/c1-11-15-13-7-8-17(10-14(13)16-11)9-12-5-3-2-4-6-12/h2-6H,7-10H2,1H3,(H,15,16). The van der Waals surface area contributed by atoms with Crippen LogP contribution in [0.1, 0.15) is 22.8 Å². The molecule has 1 aromatic heterocycles. The summed E-state index contributed by atoms with van der Waals surface area (Å²) in [7, 11) is 0. The number of aryl methyl sites for hydroxylation is 1. The summed E-state index contributed by atoms with van der Waals surface area (Å²) in [6, 6.07) is 10.6. The van der Waals surface area contributed by atoms with Gasteiger partial charge in [-0.15, -0.1) is 0 Å². The van der Waals surface area contributed by atoms with Crippen LogP contribution in [0.2, 0.25) is 0 Å². The Morgan fingerprint density at radius 1 is 1.29 bits per heavy atom. The van der Waals surface area contributed by atoms with Gasteiger partial charge >= 0.3 is 0 Å². The first-order valence-corrected chi connectivity index (χ1v) is 6.12. The first-order valence-electron chi connectivity index (χ1n) is 6.12. The molecule has 0 saturated carbocycles. The van der Waals surface area contributed by atoms with Crippen molar-refractivity contribution in [3.8, 4) is 0 Å². The zero-order chi connectivity index (χ0) is 11.7. The van der Waals surface area contributed by atoms with Crippen molar-refractivity contribution in [1.29, 1.82) is 0 Å². The number of nitrogens with zero attached hydrogens (tertiary/aromatic N) is 2. The minimum atomic E-state index is 0.991. The van der Waals surface area contributed by atoms with Gasteiger partial charge < -0.3 is 4.98 Å². The topological polar surface area (TPSA) is 31.9 Å². The predicted molar refractivity (Wildman–Crippen MR) is 67.6 cm³/mol. The molecule has 0 radical (unpaired) electrons. The number of H-pyrrole nitrogens is 1. The lowest BCUT2D eigenvalue weighted by Crippen LogP contribution is -2.30. The minimum absolute atomic E-state index is 0.991. The van der Waals surface area contributed by atoms with E-state index < -0.39 is 0 Å². The molecular formula is C14H17N3. The molecule has 3 heteroatoms. The molecule has 88 valence electrons. The minimum Gasteiger partial charge on any atom is -0.345 e. The largest absolute Gasteiger partial charge is 0.345 e. The van der Waals surface area contributed by atoms with E-state index in [2.05, 4.69) is 45.2 Å². The molecule has 0 saturated heterocycles. The van der Waals surface area contributed by atoms with Gasteiger partial charge in [0.05, 0.1) is 11.4 Å². The molecule has 0 bridgehead atoms. The van der Waals surface area contributed by atoms with Crippen LogP contribution < -0.4 is 0 Å². The Balaban J connectivity index is 1.72. The van der Waals surface area contributed by atoms with Gasteiger partial charge in [-0.2, -0.15) is 0 Å². The molecular weight excluding hydrogens is 210 g/mol. The van der Waals surface area contributed by atoms with Gasteiger partial charge in [-0.25, -0.2) is 4.98 Å². The molecule has 0 fully saturated rings. The molecule has 3 nitrogen and oxygen atoms in total. The predicted octanol–water partition coefficient (Wildman–Crippen LogP) is 2.28. The molecule has 1 aliphatic rings. The Morgan fingerprint density at radius 2 is 2.12 bits per heavy atom. The first kappa shape index (κ1) is 10.5. The van der Waals surface area contributed by atoms with E-state index in [1.807, 2.05) is 6.92 Å². The zero-order valence-electron chi connectivity index (χ0n) is 10.1. The maximum atomic E-state index is 4.51. The van der Waals surface area contributed by atoms with Crippen LogP contribution in [-0.4, -0.2) is 21.4 Å². The smallest absolute Gasteiger partial charge is 0.103 e. The maximum Gasteiger partial charge on any atom is 0.103 e. The fraction of sp³-hybridized carbons (Fsp3) is 0.357. The molecule has 1 aliphatic heterocycles. The summed E-state index contributed by atoms with van der Waals surface area (Å²) in [4.78, 5) is 10.3. The van der Waals surface area contributed by atoms with Gasteiger partial charge in [-0.05, 0) is 12.5 Å². The molecule has 1 aromatic carbocycles. The number of benzene rings is 1. The summed E-state index contributed by atoms with van der Waals surface area (Å²) in [5, 5.41) is 0. The van der Waals surface area contributed by atoms with Crippen molar-refractivity contribution in [2.24, 2.45) is 0 Å². The number of hydrogen-bond donors (Lipinski definition) is 1. The molecule has 0 unspecified atom stereocenters. The highest BCUT2D eigenvalue weighted by Gasteiger charge is 2.18. The average Bonchev–Trinajstić information content (AvgIpc) is 2.70. The quantitative estimate of drug-likeness (QED) is 0.853. The number of aromatic nitrogens is 2. The highest BCUT2D eigenvalue weighted by molar-refractivity contribution is 5.19. The Hall–Kier alpha value is -1.61. The lowest BCUT2D eigenvalue weighted by molar-refractivity contribution is 0.241. The van der Waals surface area contributed by atoms with Crippen molar-refractivity contribution >= 4 is 0 Å². The Kier molecular flexibility index (Phi) is 2.69. The van der Waals surface area contributed by atoms with Crippen LogP contribution in [0.15, 0.2) is 30.3 Å². The molecule has 0 spiro atoms. The van der Waals surface area contributed by atoms with Crippen LogP contribution in [0.3, 0.4) is 0 Å². The van der Waals surface area contributed by atoms with E-state index >= 15 is 0 Å². The molecule has 17 heavy (non-hydrogen) atoms. The van der Waals surface area contributed by atoms with E-state index in [9.17, 15) is 0 Å². The summed E-state index contributed by atoms with van der Waals surface area (Å²) in [6.45, 7) is 5.15. The van der Waals surface area contributed by atoms with E-state index in [1.165, 1.54) is 17.0 Å². The van der Waals surface area contributed by atoms with Gasteiger partial charge in [0.2, 0.25) is 0 Å². The molecule has 2 aromatic rings. The molecule has 0 aliphatic carbocycles. The number of aromatic amines is 1. The second kappa shape index (κ2) is 4.34. The number of nitrogens with one attached hydrogen (secondary N) is 1. The lowest BCUT2D eigenvalue weighted by Gasteiger charge is -2.25. The molecule has 0 amide bonds. The van der Waals surface area contributed by atoms with E-state index in [0.29, 0.717) is 0 Å². The van der Waals surface area contributed by atoms with Crippen molar-refractivity contribution in [3.63, 3.8) is 0 Å². The van der Waals surface area contributed by atoms with Crippen molar-refractivity contribution in [2.45, 2.75) is 26.4 Å². The highest BCUT2D eigenvalue weighted by atomic mass is 15.2. The van der Waals surface area contributed by atoms with Crippen LogP contribution in [0.5, 0.6) is 0 Å². The van der Waals surface area contributed by atoms with Gasteiger partial charge in [-0.1, -0.05) is 30.3 Å². The van der Waals surface area contributed by atoms with E-state index in [-0.39, 0.29) is 0 Å². The molecule has 3 rings (SSSR count). The van der Waals surface area contributed by atoms with Crippen LogP contribution in [-0.2, 0) is 19.5 Å². The number of fused-ring (bicyclic) bond motifs is 1. The normalized spacial score (nSPS) is 15.8. The van der Waals surface area contributed by atoms with Gasteiger partial charge in [0, 0.05) is 26.1 Å². The van der Waals surface area contributed by atoms with Crippen molar-refractivity contribution < 1.29 is 0 Å². The van der Waals surface area contributed by atoms with Gasteiger partial charge in [0.1, 0.15) is 5.82 Å². The van der Waals surface area contributed by atoms with Crippen molar-refractivity contribution in [3.05, 3.63) is 53.1 Å². The maximum absolute atomic E-state index is 4.51. The summed E-state index contributed by atoms with van der Waals surface area (Å²) in [5.41, 5.74) is 3.93. The number of rotatable bonds is 2. The van der Waals surface area contributed by atoms with Crippen LogP contribution in [0, 0.1) is 6.92 Å². The molecule has 2 heterocycles. The first-order chi connectivity index (χ1) is 8.31. The van der Waals surface area contributed by atoms with E-state index in [0.717, 1.165) is 31.9 Å². The Labute approximate surface area is 101 Å². The third-order valence-electron chi connectivity index (χ3n) is 3.28. The van der Waals surface area contributed by atoms with Crippen LogP contribution >= 0.6 is 0 Å². The van der Waals surface area contributed by atoms with Crippen LogP contribution in [0.4, 0.5) is 0 Å². The lowest BCUT2D eigenvalue weighted by atomic mass is 10.1. The summed E-state index contributed by atoms with van der Waals surface area (Å²) in [6.07, 6.45) is 1.06. The Morgan fingerprint density at radius 3 is 2.94 bits per heavy atom. The zero-order valence-corrected chi connectivity index (χ0v) is 10.1. The second-order valence-corrected chi connectivity index (χ2v) is 4.69. The SMILES string of the molecule is Cc1nc2c([nH]1)CN(Cc1ccccc1)CC2. The van der Waals surface area contributed by atoms with Gasteiger partial charge in [0.15, 0.2) is 0 Å². The number of hydrogen-bond acceptors (Lipinski definition) is 2. The van der Waals surface area contributed by atoms with Crippen molar-refractivity contribution in [1.82, 2.24) is 14.9 Å². The van der Waals surface area contributed by atoms with Crippen LogP contribution in [0.25, 0.3) is 0 Å². The molecule has 1 N–H and O–H groups in total. The third-order valence-corrected chi connectivity index (χ3v) is 3.28. The third kappa shape index (κ3) is 2.24. The van der Waals surface area contributed by atoms with E-state index in [1.54, 1.807) is 0 Å². The summed E-state index contributed by atoms with van der Waals surface area (Å²) in [5.74, 6) is 1.04. The summed E-state index contributed by atoms with van der Waals surface area (Å²) >= 11 is 0. The van der Waals surface area contributed by atoms with E-state index in [4.69, 9.17) is 0 Å². The highest BCUT2D eigenvalue weighted by Crippen LogP contribution is 2.18. The van der Waals surface area contributed by atoms with Crippen molar-refractivity contribution in [2.75, 3.05) is 6.54 Å². The monoisotopic (exact) mass is 227 g/mol. The van der Waals surface area contributed by atoms with Gasteiger partial charge in [-0.3, -0.25) is 4.90 Å². The Bertz CT molecular complexity index is 501. The number of imidazole rings is 1. The fourth-order valence-corrected chi connectivity index (χ4v) is 2.47. The second-order valence-electron chi connectivity index (χ2n) is 4.69. The van der Waals surface area contributed by atoms with Gasteiger partial charge in [0.25, 0.3) is 0 Å².